The molecule has 1 aliphatic rings. The molecule has 44 valence electrons. The van der Waals surface area contributed by atoms with Crippen molar-refractivity contribution in [3.63, 3.8) is 0 Å². The monoisotopic (exact) mass is 139 g/mol. The number of nitrogens with two attached hydrogens (primary N) is 1. The van der Waals surface area contributed by atoms with E-state index in [1.165, 1.54) is 0 Å². The van der Waals surface area contributed by atoms with E-state index >= 15 is 0 Å². The van der Waals surface area contributed by atoms with E-state index in [2.05, 4.69) is 8.44 Å². The van der Waals surface area contributed by atoms with Crippen molar-refractivity contribution in [1.29, 1.82) is 0 Å². The molecule has 0 bridgehead atoms. The van der Waals surface area contributed by atoms with Crippen LogP contribution in [0.25, 0.3) is 0 Å². The SMILES string of the molecule is N[SH](=O)(P)C1CC1. The third kappa shape index (κ3) is 1.48. The number of hydrogen-bond donors (Lipinski definition) is 2. The van der Waals surface area contributed by atoms with Crippen LogP contribution in [-0.2, 0) is 9.74 Å². The molecule has 1 atom stereocenters. The van der Waals surface area contributed by atoms with Gasteiger partial charge in [0, 0.05) is 5.25 Å². The van der Waals surface area contributed by atoms with E-state index in [0.29, 0.717) is 5.25 Å². The van der Waals surface area contributed by atoms with Crippen molar-refractivity contribution in [2.75, 3.05) is 0 Å². The lowest BCUT2D eigenvalue weighted by Crippen LogP contribution is -2.18. The third-order valence-electron chi connectivity index (χ3n) is 1.12. The molecule has 1 aliphatic carbocycles. The number of rotatable bonds is 1. The van der Waals surface area contributed by atoms with Crippen LogP contribution in [0.15, 0.2) is 0 Å². The van der Waals surface area contributed by atoms with Crippen molar-refractivity contribution >= 4 is 18.2 Å². The van der Waals surface area contributed by atoms with Gasteiger partial charge in [-0.15, -0.1) is 0 Å². The predicted octanol–water partition coefficient (Wildman–Crippen LogP) is -0.171. The molecule has 1 unspecified atom stereocenters. The Labute approximate surface area is 46.4 Å². The minimum atomic E-state index is -2.21. The second-order valence-electron chi connectivity index (χ2n) is 1.99. The van der Waals surface area contributed by atoms with Gasteiger partial charge in [0.1, 0.15) is 0 Å². The maximum atomic E-state index is 10.7. The Morgan fingerprint density at radius 2 is 2.14 bits per heavy atom. The van der Waals surface area contributed by atoms with Crippen molar-refractivity contribution in [3.8, 4) is 0 Å². The molecule has 0 aromatic carbocycles. The van der Waals surface area contributed by atoms with Gasteiger partial charge >= 0.3 is 0 Å². The fourth-order valence-corrected chi connectivity index (χ4v) is 2.33. The van der Waals surface area contributed by atoms with Crippen molar-refractivity contribution in [1.82, 2.24) is 0 Å². The van der Waals surface area contributed by atoms with Crippen LogP contribution in [0.1, 0.15) is 12.8 Å². The lowest BCUT2D eigenvalue weighted by atomic mass is 11.0. The molecule has 2 N–H and O–H groups in total. The Bertz CT molecular complexity index is 116. The summed E-state index contributed by atoms with van der Waals surface area (Å²) in [6, 6.07) is 0. The maximum absolute atomic E-state index is 10.7. The van der Waals surface area contributed by atoms with Crippen molar-refractivity contribution < 1.29 is 4.21 Å². The second kappa shape index (κ2) is 1.51. The van der Waals surface area contributed by atoms with Crippen LogP contribution in [0.4, 0.5) is 0 Å². The molecular weight excluding hydrogens is 129 g/mol. The van der Waals surface area contributed by atoms with E-state index in [-0.39, 0.29) is 0 Å². The average Bonchev–Trinajstić information content (AvgIpc) is 1.99. The summed E-state index contributed by atoms with van der Waals surface area (Å²) in [6.07, 6.45) is 2.13. The van der Waals surface area contributed by atoms with Gasteiger partial charge in [0.15, 0.2) is 0 Å². The Balaban J connectivity index is 2.52. The average molecular weight is 139 g/mol. The largest absolute Gasteiger partial charge is 0.271 e. The molecule has 4 heteroatoms. The predicted molar refractivity (Wildman–Crippen MR) is 36.5 cm³/mol. The highest BCUT2D eigenvalue weighted by Crippen LogP contribution is 2.34. The van der Waals surface area contributed by atoms with E-state index in [0.717, 1.165) is 12.8 Å². The molecule has 0 radical (unpaired) electrons. The summed E-state index contributed by atoms with van der Waals surface area (Å²) >= 11 is 0. The minimum Gasteiger partial charge on any atom is -0.271 e. The van der Waals surface area contributed by atoms with Crippen molar-refractivity contribution in [3.05, 3.63) is 0 Å². The summed E-state index contributed by atoms with van der Waals surface area (Å²) in [5.74, 6) is 0. The van der Waals surface area contributed by atoms with E-state index in [9.17, 15) is 4.21 Å². The summed E-state index contributed by atoms with van der Waals surface area (Å²) in [7, 11) is 0.0170. The third-order valence-corrected chi connectivity index (χ3v) is 4.04. The topological polar surface area (TPSA) is 43.1 Å². The molecule has 0 spiro atoms. The fraction of sp³-hybridized carbons (Fsp3) is 1.00. The van der Waals surface area contributed by atoms with Crippen LogP contribution in [0.2, 0.25) is 0 Å². The molecular formula is C3H10NOPS. The van der Waals surface area contributed by atoms with Crippen molar-refractivity contribution in [2.45, 2.75) is 18.1 Å². The molecule has 0 aromatic heterocycles. The first-order valence-electron chi connectivity index (χ1n) is 2.27. The molecule has 0 aliphatic heterocycles. The molecule has 1 fully saturated rings. The molecule has 1 rings (SSSR count). The van der Waals surface area contributed by atoms with Gasteiger partial charge in [-0.1, -0.05) is 8.44 Å². The van der Waals surface area contributed by atoms with Gasteiger partial charge in [-0.3, -0.25) is 9.35 Å². The zero-order valence-corrected chi connectivity index (χ0v) is 6.05. The van der Waals surface area contributed by atoms with E-state index in [4.69, 9.17) is 5.14 Å². The summed E-state index contributed by atoms with van der Waals surface area (Å²) in [4.78, 5) is 0. The Hall–Kier alpha value is 0.540. The summed E-state index contributed by atoms with van der Waals surface area (Å²) in [5.41, 5.74) is 0. The zero-order valence-electron chi connectivity index (χ0n) is 4.00. The first-order chi connectivity index (χ1) is 3.11. The highest BCUT2D eigenvalue weighted by atomic mass is 32.8. The molecule has 0 aromatic rings. The summed E-state index contributed by atoms with van der Waals surface area (Å²) in [6.45, 7) is 0. The zero-order chi connectivity index (χ0) is 5.49. The Kier molecular flexibility index (Phi) is 1.22. The van der Waals surface area contributed by atoms with Crippen LogP contribution in [0.5, 0.6) is 0 Å². The van der Waals surface area contributed by atoms with Gasteiger partial charge in [0.25, 0.3) is 0 Å². The second-order valence-corrected chi connectivity index (χ2v) is 6.67. The van der Waals surface area contributed by atoms with E-state index in [1.54, 1.807) is 0 Å². The molecule has 0 saturated heterocycles. The Morgan fingerprint density at radius 3 is 2.14 bits per heavy atom. The normalized spacial score (nSPS) is 24.9. The molecule has 7 heavy (non-hydrogen) atoms. The van der Waals surface area contributed by atoms with Crippen LogP contribution < -0.4 is 5.14 Å². The lowest BCUT2D eigenvalue weighted by molar-refractivity contribution is 0.681. The van der Waals surface area contributed by atoms with E-state index in [1.807, 2.05) is 0 Å². The van der Waals surface area contributed by atoms with Crippen molar-refractivity contribution in [2.24, 2.45) is 5.14 Å². The van der Waals surface area contributed by atoms with Gasteiger partial charge in [-0.05, 0) is 22.6 Å². The van der Waals surface area contributed by atoms with Gasteiger partial charge in [0.05, 0.1) is 0 Å². The van der Waals surface area contributed by atoms with Gasteiger partial charge in [-0.25, -0.2) is 0 Å². The van der Waals surface area contributed by atoms with E-state index < -0.39 is 9.74 Å². The minimum absolute atomic E-state index is 0.345. The maximum Gasteiger partial charge on any atom is 0.0269 e. The van der Waals surface area contributed by atoms with Gasteiger partial charge in [0.2, 0.25) is 0 Å². The van der Waals surface area contributed by atoms with Crippen LogP contribution in [-0.4, -0.2) is 9.46 Å². The first kappa shape index (κ1) is 5.67. The molecule has 0 heterocycles. The highest BCUT2D eigenvalue weighted by Gasteiger charge is 2.29. The van der Waals surface area contributed by atoms with Gasteiger partial charge in [-0.2, -0.15) is 0 Å². The Morgan fingerprint density at radius 1 is 1.71 bits per heavy atom. The quantitative estimate of drug-likeness (QED) is 0.384. The summed E-state index contributed by atoms with van der Waals surface area (Å²) < 4.78 is 10.7. The van der Waals surface area contributed by atoms with Crippen LogP contribution in [0.3, 0.4) is 0 Å². The molecule has 2 nitrogen and oxygen atoms in total. The first-order valence-corrected chi connectivity index (χ1v) is 5.74. The van der Waals surface area contributed by atoms with Crippen LogP contribution in [0, 0.1) is 0 Å². The smallest absolute Gasteiger partial charge is 0.0269 e. The van der Waals surface area contributed by atoms with Gasteiger partial charge < -0.3 is 0 Å². The fourth-order valence-electron chi connectivity index (χ4n) is 0.478. The number of hydrogen-bond acceptors (Lipinski definition) is 1. The highest BCUT2D eigenvalue weighted by molar-refractivity contribution is 8.44. The number of thiol groups is 1. The standard InChI is InChI=1S/C3H10NOPS/c4-7(5,6)3-1-2-3/h3,7H,1-2,6H2,(H2,4,5). The lowest BCUT2D eigenvalue weighted by Gasteiger charge is -2.07. The summed E-state index contributed by atoms with van der Waals surface area (Å²) in [5, 5.41) is 5.60. The molecule has 1 saturated carbocycles. The van der Waals surface area contributed by atoms with Crippen LogP contribution >= 0.6 is 8.44 Å². The molecule has 0 amide bonds.